The van der Waals surface area contributed by atoms with Crippen molar-refractivity contribution in [3.05, 3.63) is 42.0 Å². The van der Waals surface area contributed by atoms with Crippen LogP contribution in [0.4, 0.5) is 0 Å². The molecule has 4 aliphatic rings. The van der Waals surface area contributed by atoms with Gasteiger partial charge in [0.25, 0.3) is 5.91 Å². The molecule has 5 heteroatoms. The molecule has 6 rings (SSSR count). The molecule has 0 spiro atoms. The third kappa shape index (κ3) is 3.44. The molecule has 4 saturated carbocycles. The van der Waals surface area contributed by atoms with E-state index < -0.39 is 12.1 Å². The van der Waals surface area contributed by atoms with E-state index in [2.05, 4.69) is 5.32 Å². The van der Waals surface area contributed by atoms with Crippen LogP contribution in [0.15, 0.2) is 36.4 Å². The largest absolute Gasteiger partial charge is 0.496 e. The molecule has 0 aromatic heterocycles. The molecule has 4 fully saturated rings. The molecule has 0 radical (unpaired) electrons. The molecule has 0 saturated heterocycles. The fourth-order valence-corrected chi connectivity index (χ4v) is 6.45. The Morgan fingerprint density at radius 1 is 1.00 bits per heavy atom. The number of esters is 1. The highest BCUT2D eigenvalue weighted by molar-refractivity contribution is 5.99. The van der Waals surface area contributed by atoms with Crippen LogP contribution in [0.25, 0.3) is 10.8 Å². The summed E-state index contributed by atoms with van der Waals surface area (Å²) in [5.74, 6) is 1.96. The standard InChI is InChI=1S/C25H29NO4/c1-15(23(27)26-25-12-16-7-17(13-25)9-18(8-16)14-25)30-24(28)21-10-19-5-3-4-6-20(19)11-22(21)29-2/h3-6,10-11,15-18H,7-9,12-14H2,1-2H3,(H,26,27)/t15-,16?,17?,18?,25?/m1/s1. The van der Waals surface area contributed by atoms with E-state index >= 15 is 0 Å². The zero-order chi connectivity index (χ0) is 20.9. The number of hydrogen-bond acceptors (Lipinski definition) is 4. The van der Waals surface area contributed by atoms with Crippen molar-refractivity contribution < 1.29 is 19.1 Å². The van der Waals surface area contributed by atoms with Crippen LogP contribution < -0.4 is 10.1 Å². The fourth-order valence-electron chi connectivity index (χ4n) is 6.45. The summed E-state index contributed by atoms with van der Waals surface area (Å²) >= 11 is 0. The zero-order valence-electron chi connectivity index (χ0n) is 17.6. The van der Waals surface area contributed by atoms with E-state index in [9.17, 15) is 9.59 Å². The SMILES string of the molecule is COc1cc2ccccc2cc1C(=O)O[C@H](C)C(=O)NC12CC3CC(CC(C3)C1)C2. The predicted molar refractivity (Wildman–Crippen MR) is 114 cm³/mol. The van der Waals surface area contributed by atoms with Crippen molar-refractivity contribution in [1.82, 2.24) is 5.32 Å². The Balaban J connectivity index is 1.29. The third-order valence-electron chi connectivity index (χ3n) is 7.37. The molecular weight excluding hydrogens is 378 g/mol. The van der Waals surface area contributed by atoms with Crippen LogP contribution in [0.3, 0.4) is 0 Å². The Labute approximate surface area is 177 Å². The molecule has 1 N–H and O–H groups in total. The van der Waals surface area contributed by atoms with Crippen LogP contribution in [-0.4, -0.2) is 30.6 Å². The van der Waals surface area contributed by atoms with Gasteiger partial charge in [-0.15, -0.1) is 0 Å². The van der Waals surface area contributed by atoms with Crippen LogP contribution in [-0.2, 0) is 9.53 Å². The molecular formula is C25H29NO4. The monoisotopic (exact) mass is 407 g/mol. The Morgan fingerprint density at radius 3 is 2.13 bits per heavy atom. The molecule has 2 aromatic rings. The number of benzene rings is 2. The van der Waals surface area contributed by atoms with Gasteiger partial charge in [-0.3, -0.25) is 4.79 Å². The smallest absolute Gasteiger partial charge is 0.342 e. The van der Waals surface area contributed by atoms with Crippen molar-refractivity contribution in [2.24, 2.45) is 17.8 Å². The van der Waals surface area contributed by atoms with Gasteiger partial charge in [-0.05, 0) is 86.1 Å². The number of carbonyl (C=O) groups excluding carboxylic acids is 2. The summed E-state index contributed by atoms with van der Waals surface area (Å²) in [6.07, 6.45) is 6.34. The van der Waals surface area contributed by atoms with Crippen LogP contribution >= 0.6 is 0 Å². The first-order valence-corrected chi connectivity index (χ1v) is 11.0. The summed E-state index contributed by atoms with van der Waals surface area (Å²) in [4.78, 5) is 25.8. The number of ether oxygens (including phenoxy) is 2. The molecule has 30 heavy (non-hydrogen) atoms. The maximum absolute atomic E-state index is 12.9. The lowest BCUT2D eigenvalue weighted by Gasteiger charge is -2.57. The first-order valence-electron chi connectivity index (χ1n) is 11.0. The van der Waals surface area contributed by atoms with Gasteiger partial charge in [0.1, 0.15) is 11.3 Å². The molecule has 0 aliphatic heterocycles. The van der Waals surface area contributed by atoms with Crippen LogP contribution in [0, 0.1) is 17.8 Å². The summed E-state index contributed by atoms with van der Waals surface area (Å²) in [7, 11) is 1.53. The van der Waals surface area contributed by atoms with E-state index in [0.29, 0.717) is 11.3 Å². The minimum atomic E-state index is -0.846. The van der Waals surface area contributed by atoms with E-state index in [0.717, 1.165) is 47.8 Å². The molecule has 1 atom stereocenters. The summed E-state index contributed by atoms with van der Waals surface area (Å²) in [6, 6.07) is 11.4. The number of hydrogen-bond donors (Lipinski definition) is 1. The summed E-state index contributed by atoms with van der Waals surface area (Å²) in [5.41, 5.74) is 0.248. The normalized spacial score (nSPS) is 30.1. The second kappa shape index (κ2) is 7.29. The maximum Gasteiger partial charge on any atom is 0.342 e. The first-order chi connectivity index (χ1) is 14.4. The maximum atomic E-state index is 12.9. The number of nitrogens with one attached hydrogen (secondary N) is 1. The van der Waals surface area contributed by atoms with Crippen molar-refractivity contribution in [2.45, 2.75) is 57.1 Å². The lowest BCUT2D eigenvalue weighted by atomic mass is 9.53. The highest BCUT2D eigenvalue weighted by atomic mass is 16.5. The van der Waals surface area contributed by atoms with Crippen molar-refractivity contribution in [2.75, 3.05) is 7.11 Å². The summed E-state index contributed by atoms with van der Waals surface area (Å²) in [5, 5.41) is 5.20. The van der Waals surface area contributed by atoms with Crippen molar-refractivity contribution in [3.8, 4) is 5.75 Å². The van der Waals surface area contributed by atoms with Gasteiger partial charge in [-0.25, -0.2) is 4.79 Å². The Bertz CT molecular complexity index is 963. The van der Waals surface area contributed by atoms with Gasteiger partial charge < -0.3 is 14.8 Å². The van der Waals surface area contributed by atoms with Gasteiger partial charge in [0, 0.05) is 5.54 Å². The lowest BCUT2D eigenvalue weighted by molar-refractivity contribution is -0.134. The average Bonchev–Trinajstić information content (AvgIpc) is 2.71. The fraction of sp³-hybridized carbons (Fsp3) is 0.520. The van der Waals surface area contributed by atoms with Crippen LogP contribution in [0.5, 0.6) is 5.75 Å². The van der Waals surface area contributed by atoms with E-state index in [1.807, 2.05) is 30.3 Å². The minimum absolute atomic E-state index is 0.0901. The second-order valence-electron chi connectivity index (χ2n) is 9.63. The summed E-state index contributed by atoms with van der Waals surface area (Å²) < 4.78 is 11.0. The van der Waals surface area contributed by atoms with Gasteiger partial charge in [-0.1, -0.05) is 24.3 Å². The topological polar surface area (TPSA) is 64.6 Å². The summed E-state index contributed by atoms with van der Waals surface area (Å²) in [6.45, 7) is 1.65. The van der Waals surface area contributed by atoms with Gasteiger partial charge >= 0.3 is 5.97 Å². The van der Waals surface area contributed by atoms with Crippen LogP contribution in [0.2, 0.25) is 0 Å². The van der Waals surface area contributed by atoms with E-state index in [4.69, 9.17) is 9.47 Å². The predicted octanol–water partition coefficient (Wildman–Crippen LogP) is 4.48. The van der Waals surface area contributed by atoms with E-state index in [1.165, 1.54) is 26.4 Å². The minimum Gasteiger partial charge on any atom is -0.496 e. The Hall–Kier alpha value is -2.56. The zero-order valence-corrected chi connectivity index (χ0v) is 17.6. The molecule has 2 aromatic carbocycles. The average molecular weight is 408 g/mol. The quantitative estimate of drug-likeness (QED) is 0.743. The van der Waals surface area contributed by atoms with Gasteiger partial charge in [-0.2, -0.15) is 0 Å². The molecule has 4 bridgehead atoms. The number of carbonyl (C=O) groups is 2. The number of amides is 1. The van der Waals surface area contributed by atoms with Crippen molar-refractivity contribution in [1.29, 1.82) is 0 Å². The Morgan fingerprint density at radius 2 is 1.57 bits per heavy atom. The molecule has 4 aliphatic carbocycles. The van der Waals surface area contributed by atoms with Crippen LogP contribution in [0.1, 0.15) is 55.8 Å². The van der Waals surface area contributed by atoms with Gasteiger partial charge in [0.05, 0.1) is 7.11 Å². The number of fused-ring (bicyclic) bond motifs is 1. The molecule has 158 valence electrons. The molecule has 0 unspecified atom stereocenters. The molecule has 5 nitrogen and oxygen atoms in total. The second-order valence-corrected chi connectivity index (χ2v) is 9.63. The van der Waals surface area contributed by atoms with Gasteiger partial charge in [0.2, 0.25) is 0 Å². The van der Waals surface area contributed by atoms with Crippen molar-refractivity contribution in [3.63, 3.8) is 0 Å². The number of rotatable bonds is 5. The van der Waals surface area contributed by atoms with E-state index in [1.54, 1.807) is 13.0 Å². The molecule has 0 heterocycles. The first kappa shape index (κ1) is 19.4. The van der Waals surface area contributed by atoms with Gasteiger partial charge in [0.15, 0.2) is 6.10 Å². The lowest BCUT2D eigenvalue weighted by Crippen LogP contribution is -2.61. The molecule has 1 amide bonds. The van der Waals surface area contributed by atoms with Crippen molar-refractivity contribution >= 4 is 22.6 Å². The van der Waals surface area contributed by atoms with E-state index in [-0.39, 0.29) is 11.4 Å². The third-order valence-corrected chi connectivity index (χ3v) is 7.37. The highest BCUT2D eigenvalue weighted by Crippen LogP contribution is 2.55. The highest BCUT2D eigenvalue weighted by Gasteiger charge is 2.51. The number of methoxy groups -OCH3 is 1. The Kier molecular flexibility index (Phi) is 4.72.